The molecule has 0 aromatic heterocycles. The Hall–Kier alpha value is -3.06. The third-order valence-corrected chi connectivity index (χ3v) is 4.78. The van der Waals surface area contributed by atoms with Crippen LogP contribution in [0.2, 0.25) is 15.1 Å². The average Bonchev–Trinajstić information content (AvgIpc) is 2.74. The van der Waals surface area contributed by atoms with Crippen molar-refractivity contribution in [1.82, 2.24) is 5.43 Å². The third kappa shape index (κ3) is 7.00. The van der Waals surface area contributed by atoms with E-state index < -0.39 is 11.8 Å². The lowest BCUT2D eigenvalue weighted by Gasteiger charge is -2.08. The highest BCUT2D eigenvalue weighted by molar-refractivity contribution is 6.39. The number of hydrazone groups is 1. The summed E-state index contributed by atoms with van der Waals surface area (Å²) in [6.45, 7) is 0.293. The van der Waals surface area contributed by atoms with Gasteiger partial charge in [0.15, 0.2) is 0 Å². The molecule has 0 aliphatic rings. The fourth-order valence-corrected chi connectivity index (χ4v) is 3.07. The van der Waals surface area contributed by atoms with Gasteiger partial charge in [-0.1, -0.05) is 46.9 Å². The fourth-order valence-electron chi connectivity index (χ4n) is 2.42. The number of carbonyl (C=O) groups is 2. The summed E-state index contributed by atoms with van der Waals surface area (Å²) < 4.78 is 5.70. The minimum atomic E-state index is -0.906. The summed E-state index contributed by atoms with van der Waals surface area (Å²) in [5, 5.41) is 7.75. The maximum Gasteiger partial charge on any atom is 0.329 e. The number of halogens is 3. The van der Waals surface area contributed by atoms with Gasteiger partial charge in [0, 0.05) is 26.3 Å². The molecule has 3 aromatic carbocycles. The Morgan fingerprint density at radius 3 is 2.35 bits per heavy atom. The Labute approximate surface area is 193 Å². The van der Waals surface area contributed by atoms with Crippen molar-refractivity contribution in [3.8, 4) is 5.75 Å². The van der Waals surface area contributed by atoms with Crippen LogP contribution >= 0.6 is 34.8 Å². The predicted octanol–water partition coefficient (Wildman–Crippen LogP) is 5.31. The lowest BCUT2D eigenvalue weighted by atomic mass is 10.2. The van der Waals surface area contributed by atoms with E-state index in [1.54, 1.807) is 60.7 Å². The van der Waals surface area contributed by atoms with Crippen LogP contribution in [0.1, 0.15) is 11.1 Å². The first-order valence-corrected chi connectivity index (χ1v) is 10.1. The predicted molar refractivity (Wildman–Crippen MR) is 123 cm³/mol. The van der Waals surface area contributed by atoms with E-state index in [1.807, 2.05) is 0 Å². The Balaban J connectivity index is 1.48. The van der Waals surface area contributed by atoms with Crippen LogP contribution in [0.15, 0.2) is 71.8 Å². The number of rotatable bonds is 6. The molecule has 3 rings (SSSR count). The monoisotopic (exact) mass is 475 g/mol. The van der Waals surface area contributed by atoms with E-state index in [0.717, 1.165) is 5.56 Å². The van der Waals surface area contributed by atoms with Crippen LogP contribution in [-0.4, -0.2) is 18.0 Å². The fraction of sp³-hybridized carbons (Fsp3) is 0.0455. The number of amides is 2. The van der Waals surface area contributed by atoms with E-state index in [9.17, 15) is 9.59 Å². The van der Waals surface area contributed by atoms with Crippen molar-refractivity contribution in [1.29, 1.82) is 0 Å². The molecule has 6 nitrogen and oxygen atoms in total. The molecule has 0 unspecified atom stereocenters. The molecule has 0 spiro atoms. The minimum Gasteiger partial charge on any atom is -0.489 e. The number of carbonyl (C=O) groups excluding carboxylic acids is 2. The van der Waals surface area contributed by atoms with E-state index in [1.165, 1.54) is 12.3 Å². The molecule has 9 heteroatoms. The second-order valence-corrected chi connectivity index (χ2v) is 7.54. The van der Waals surface area contributed by atoms with Crippen LogP contribution in [0.3, 0.4) is 0 Å². The number of hydrogen-bond acceptors (Lipinski definition) is 4. The molecule has 0 saturated carbocycles. The van der Waals surface area contributed by atoms with Crippen LogP contribution in [0, 0.1) is 0 Å². The second kappa shape index (κ2) is 10.8. The quantitative estimate of drug-likeness (QED) is 0.287. The van der Waals surface area contributed by atoms with Gasteiger partial charge in [0.25, 0.3) is 0 Å². The van der Waals surface area contributed by atoms with Crippen LogP contribution in [0.25, 0.3) is 0 Å². The van der Waals surface area contributed by atoms with E-state index in [0.29, 0.717) is 38.7 Å². The molecule has 3 aromatic rings. The summed E-state index contributed by atoms with van der Waals surface area (Å²) in [6, 6.07) is 18.7. The number of nitrogens with zero attached hydrogens (tertiary/aromatic N) is 1. The summed E-state index contributed by atoms with van der Waals surface area (Å²) in [5.74, 6) is -1.13. The van der Waals surface area contributed by atoms with Crippen molar-refractivity contribution in [3.63, 3.8) is 0 Å². The van der Waals surface area contributed by atoms with Gasteiger partial charge in [-0.2, -0.15) is 5.10 Å². The molecule has 31 heavy (non-hydrogen) atoms. The normalized spacial score (nSPS) is 10.7. The van der Waals surface area contributed by atoms with E-state index in [4.69, 9.17) is 39.5 Å². The van der Waals surface area contributed by atoms with Gasteiger partial charge in [0.05, 0.1) is 6.21 Å². The Morgan fingerprint density at radius 1 is 0.903 bits per heavy atom. The van der Waals surface area contributed by atoms with Gasteiger partial charge in [0.2, 0.25) is 0 Å². The number of nitrogens with one attached hydrogen (secondary N) is 2. The van der Waals surface area contributed by atoms with Crippen molar-refractivity contribution >= 4 is 58.5 Å². The van der Waals surface area contributed by atoms with Crippen LogP contribution in [-0.2, 0) is 16.2 Å². The van der Waals surface area contributed by atoms with E-state index in [2.05, 4.69) is 15.8 Å². The molecule has 0 aliphatic heterocycles. The lowest BCUT2D eigenvalue weighted by Crippen LogP contribution is -2.32. The summed E-state index contributed by atoms with van der Waals surface area (Å²) in [4.78, 5) is 23.7. The van der Waals surface area contributed by atoms with E-state index in [-0.39, 0.29) is 0 Å². The first-order chi connectivity index (χ1) is 14.9. The van der Waals surface area contributed by atoms with Gasteiger partial charge in [-0.15, -0.1) is 0 Å². The number of benzene rings is 3. The summed E-state index contributed by atoms with van der Waals surface area (Å²) in [5.41, 5.74) is 4.09. The summed E-state index contributed by atoms with van der Waals surface area (Å²) in [6.07, 6.45) is 1.41. The maximum atomic E-state index is 11.9. The first kappa shape index (κ1) is 22.6. The average molecular weight is 477 g/mol. The molecule has 0 fully saturated rings. The van der Waals surface area contributed by atoms with Crippen molar-refractivity contribution in [3.05, 3.63) is 92.9 Å². The van der Waals surface area contributed by atoms with Gasteiger partial charge < -0.3 is 10.1 Å². The summed E-state index contributed by atoms with van der Waals surface area (Å²) in [7, 11) is 0. The largest absolute Gasteiger partial charge is 0.489 e. The molecule has 2 amide bonds. The molecule has 0 bridgehead atoms. The zero-order valence-electron chi connectivity index (χ0n) is 15.9. The van der Waals surface area contributed by atoms with Crippen LogP contribution in [0.5, 0.6) is 5.75 Å². The molecule has 2 N–H and O–H groups in total. The standard InChI is InChI=1S/C22H16Cl3N3O3/c23-16-2-1-3-18(10-16)27-21(29)22(30)28-26-12-14-4-8-19(9-5-14)31-13-15-6-7-17(24)11-20(15)25/h1-12H,13H2,(H,27,29)(H,28,30). The van der Waals surface area contributed by atoms with Crippen molar-refractivity contribution in [2.24, 2.45) is 5.10 Å². The Kier molecular flexibility index (Phi) is 7.89. The highest BCUT2D eigenvalue weighted by atomic mass is 35.5. The topological polar surface area (TPSA) is 79.8 Å². The van der Waals surface area contributed by atoms with Crippen molar-refractivity contribution in [2.45, 2.75) is 6.61 Å². The third-order valence-electron chi connectivity index (χ3n) is 3.96. The van der Waals surface area contributed by atoms with Crippen molar-refractivity contribution in [2.75, 3.05) is 5.32 Å². The van der Waals surface area contributed by atoms with Crippen LogP contribution < -0.4 is 15.5 Å². The highest BCUT2D eigenvalue weighted by Gasteiger charge is 2.12. The molecule has 0 heterocycles. The Bertz CT molecular complexity index is 1120. The summed E-state index contributed by atoms with van der Waals surface area (Å²) >= 11 is 17.8. The number of hydrogen-bond donors (Lipinski definition) is 2. The van der Waals surface area contributed by atoms with E-state index >= 15 is 0 Å². The van der Waals surface area contributed by atoms with Crippen molar-refractivity contribution < 1.29 is 14.3 Å². The molecule has 0 radical (unpaired) electrons. The van der Waals surface area contributed by atoms with Gasteiger partial charge >= 0.3 is 11.8 Å². The number of anilines is 1. The minimum absolute atomic E-state index is 0.293. The second-order valence-electron chi connectivity index (χ2n) is 6.26. The van der Waals surface area contributed by atoms with Gasteiger partial charge in [-0.05, 0) is 60.2 Å². The smallest absolute Gasteiger partial charge is 0.329 e. The zero-order chi connectivity index (χ0) is 22.2. The molecule has 0 atom stereocenters. The number of ether oxygens (including phenoxy) is 1. The Morgan fingerprint density at radius 2 is 1.65 bits per heavy atom. The molecular weight excluding hydrogens is 461 g/mol. The van der Waals surface area contributed by atoms with Crippen LogP contribution in [0.4, 0.5) is 5.69 Å². The van der Waals surface area contributed by atoms with Gasteiger partial charge in [-0.3, -0.25) is 9.59 Å². The van der Waals surface area contributed by atoms with Gasteiger partial charge in [0.1, 0.15) is 12.4 Å². The maximum absolute atomic E-state index is 11.9. The molecule has 0 aliphatic carbocycles. The highest BCUT2D eigenvalue weighted by Crippen LogP contribution is 2.22. The zero-order valence-corrected chi connectivity index (χ0v) is 18.2. The lowest BCUT2D eigenvalue weighted by molar-refractivity contribution is -0.136. The van der Waals surface area contributed by atoms with Gasteiger partial charge in [-0.25, -0.2) is 5.43 Å². The molecule has 158 valence electrons. The molecular formula is C22H16Cl3N3O3. The molecule has 0 saturated heterocycles. The first-order valence-electron chi connectivity index (χ1n) is 8.97. The SMILES string of the molecule is O=C(NN=Cc1ccc(OCc2ccc(Cl)cc2Cl)cc1)C(=O)Nc1cccc(Cl)c1.